The van der Waals surface area contributed by atoms with Gasteiger partial charge in [0.2, 0.25) is 0 Å². The summed E-state index contributed by atoms with van der Waals surface area (Å²) < 4.78 is 0. The Balaban J connectivity index is 2.51. The lowest BCUT2D eigenvalue weighted by atomic mass is 9.66. The smallest absolute Gasteiger partial charge is 0.162 e. The Bertz CT molecular complexity index is 179. The van der Waals surface area contributed by atoms with E-state index in [0.29, 0.717) is 18.3 Å². The Hall–Kier alpha value is -0.0800. The van der Waals surface area contributed by atoms with Gasteiger partial charge >= 0.3 is 0 Å². The fraction of sp³-hybridized carbons (Fsp3) is 1.00. The molecule has 0 aromatic carbocycles. The van der Waals surface area contributed by atoms with Crippen LogP contribution in [-0.2, 0) is 0 Å². The molecule has 0 bridgehead atoms. The van der Waals surface area contributed by atoms with Gasteiger partial charge in [0, 0.05) is 12.8 Å². The Morgan fingerprint density at radius 1 is 0.812 bits per heavy atom. The third kappa shape index (κ3) is 4.06. The number of hydrogen-bond donors (Lipinski definition) is 2. The predicted molar refractivity (Wildman–Crippen MR) is 67.1 cm³/mol. The lowest BCUT2D eigenvalue weighted by Crippen LogP contribution is -2.38. The molecule has 0 unspecified atom stereocenters. The van der Waals surface area contributed by atoms with E-state index in [1.807, 2.05) is 0 Å². The zero-order valence-corrected chi connectivity index (χ0v) is 11.0. The molecule has 2 nitrogen and oxygen atoms in total. The summed E-state index contributed by atoms with van der Waals surface area (Å²) in [6, 6.07) is 0. The van der Waals surface area contributed by atoms with Crippen LogP contribution in [-0.4, -0.2) is 16.0 Å². The predicted octanol–water partition coefficient (Wildman–Crippen LogP) is 3.61. The van der Waals surface area contributed by atoms with Crippen molar-refractivity contribution >= 4 is 0 Å². The largest absolute Gasteiger partial charge is 0.366 e. The van der Waals surface area contributed by atoms with Gasteiger partial charge in [-0.2, -0.15) is 0 Å². The molecule has 0 aromatic heterocycles. The second kappa shape index (κ2) is 6.02. The molecule has 1 aliphatic rings. The van der Waals surface area contributed by atoms with Crippen molar-refractivity contribution in [3.8, 4) is 0 Å². The minimum Gasteiger partial charge on any atom is -0.366 e. The second-order valence-electron chi connectivity index (χ2n) is 5.69. The second-order valence-corrected chi connectivity index (χ2v) is 5.69. The normalized spacial score (nSPS) is 23.2. The summed E-state index contributed by atoms with van der Waals surface area (Å²) >= 11 is 0. The van der Waals surface area contributed by atoms with Crippen LogP contribution < -0.4 is 0 Å². The topological polar surface area (TPSA) is 40.5 Å². The van der Waals surface area contributed by atoms with Crippen molar-refractivity contribution in [3.63, 3.8) is 0 Å². The van der Waals surface area contributed by atoms with E-state index >= 15 is 0 Å². The van der Waals surface area contributed by atoms with Crippen molar-refractivity contribution < 1.29 is 10.2 Å². The van der Waals surface area contributed by atoms with Crippen LogP contribution in [0.15, 0.2) is 0 Å². The zero-order valence-electron chi connectivity index (χ0n) is 11.0. The maximum Gasteiger partial charge on any atom is 0.162 e. The standard InChI is InChI=1S/C14H28O2/c1-3-5-7-13(8-6-4-2)9-11-14(15,16)12-10-13/h15-16H,3-12H2,1-2H3. The fourth-order valence-electron chi connectivity index (χ4n) is 2.91. The third-order valence-electron chi connectivity index (χ3n) is 4.23. The molecule has 2 heteroatoms. The molecule has 0 aliphatic heterocycles. The first-order chi connectivity index (χ1) is 7.54. The Morgan fingerprint density at radius 3 is 1.62 bits per heavy atom. The zero-order chi connectivity index (χ0) is 12.1. The van der Waals surface area contributed by atoms with Crippen LogP contribution >= 0.6 is 0 Å². The highest BCUT2D eigenvalue weighted by Gasteiger charge is 2.39. The van der Waals surface area contributed by atoms with Crippen molar-refractivity contribution in [3.05, 3.63) is 0 Å². The monoisotopic (exact) mass is 228 g/mol. The van der Waals surface area contributed by atoms with Crippen LogP contribution in [0.1, 0.15) is 78.1 Å². The quantitative estimate of drug-likeness (QED) is 0.682. The molecule has 0 amide bonds. The van der Waals surface area contributed by atoms with Crippen LogP contribution in [0.4, 0.5) is 0 Å². The Labute approximate surface area is 100 Å². The number of hydrogen-bond acceptors (Lipinski definition) is 2. The van der Waals surface area contributed by atoms with E-state index in [2.05, 4.69) is 13.8 Å². The average molecular weight is 228 g/mol. The third-order valence-corrected chi connectivity index (χ3v) is 4.23. The van der Waals surface area contributed by atoms with Crippen molar-refractivity contribution in [1.29, 1.82) is 0 Å². The van der Waals surface area contributed by atoms with Gasteiger partial charge in [0.15, 0.2) is 5.79 Å². The summed E-state index contributed by atoms with van der Waals surface area (Å²) in [4.78, 5) is 0. The van der Waals surface area contributed by atoms with E-state index in [9.17, 15) is 10.2 Å². The van der Waals surface area contributed by atoms with E-state index in [1.165, 1.54) is 38.5 Å². The van der Waals surface area contributed by atoms with Gasteiger partial charge in [-0.15, -0.1) is 0 Å². The number of aliphatic hydroxyl groups is 2. The summed E-state index contributed by atoms with van der Waals surface area (Å²) in [5.74, 6) is -1.37. The molecule has 0 aromatic rings. The molecular weight excluding hydrogens is 200 g/mol. The van der Waals surface area contributed by atoms with Crippen molar-refractivity contribution in [2.24, 2.45) is 5.41 Å². The van der Waals surface area contributed by atoms with Gasteiger partial charge in [0.25, 0.3) is 0 Å². The maximum atomic E-state index is 9.61. The van der Waals surface area contributed by atoms with Crippen LogP contribution in [0.3, 0.4) is 0 Å². The molecule has 0 spiro atoms. The van der Waals surface area contributed by atoms with Gasteiger partial charge in [-0.05, 0) is 31.1 Å². The molecule has 0 radical (unpaired) electrons. The van der Waals surface area contributed by atoms with Crippen molar-refractivity contribution in [2.75, 3.05) is 0 Å². The highest BCUT2D eigenvalue weighted by Crippen LogP contribution is 2.46. The van der Waals surface area contributed by atoms with Gasteiger partial charge in [-0.3, -0.25) is 0 Å². The van der Waals surface area contributed by atoms with Gasteiger partial charge in [-0.1, -0.05) is 39.5 Å². The van der Waals surface area contributed by atoms with Gasteiger partial charge < -0.3 is 10.2 Å². The first-order valence-electron chi connectivity index (χ1n) is 6.98. The molecular formula is C14H28O2. The average Bonchev–Trinajstić information content (AvgIpc) is 2.27. The van der Waals surface area contributed by atoms with Gasteiger partial charge in [0.1, 0.15) is 0 Å². The Kier molecular flexibility index (Phi) is 5.26. The molecule has 0 atom stereocenters. The summed E-state index contributed by atoms with van der Waals surface area (Å²) in [7, 11) is 0. The molecule has 0 saturated heterocycles. The maximum absolute atomic E-state index is 9.61. The molecule has 1 fully saturated rings. The summed E-state index contributed by atoms with van der Waals surface area (Å²) in [5.41, 5.74) is 0.418. The van der Waals surface area contributed by atoms with Crippen molar-refractivity contribution in [2.45, 2.75) is 83.8 Å². The van der Waals surface area contributed by atoms with Crippen LogP contribution in [0, 0.1) is 5.41 Å². The highest BCUT2D eigenvalue weighted by atomic mass is 16.5. The Morgan fingerprint density at radius 2 is 1.25 bits per heavy atom. The van der Waals surface area contributed by atoms with Crippen LogP contribution in [0.25, 0.3) is 0 Å². The van der Waals surface area contributed by atoms with E-state index in [-0.39, 0.29) is 0 Å². The number of unbranched alkanes of at least 4 members (excludes halogenated alkanes) is 2. The molecule has 0 heterocycles. The van der Waals surface area contributed by atoms with E-state index in [0.717, 1.165) is 12.8 Å². The van der Waals surface area contributed by atoms with E-state index in [4.69, 9.17) is 0 Å². The SMILES string of the molecule is CCCCC1(CCCC)CCC(O)(O)CC1. The van der Waals surface area contributed by atoms with E-state index < -0.39 is 5.79 Å². The van der Waals surface area contributed by atoms with Crippen LogP contribution in [0.5, 0.6) is 0 Å². The van der Waals surface area contributed by atoms with Crippen LogP contribution in [0.2, 0.25) is 0 Å². The minimum absolute atomic E-state index is 0.418. The first-order valence-corrected chi connectivity index (χ1v) is 6.98. The minimum atomic E-state index is -1.37. The van der Waals surface area contributed by atoms with Gasteiger partial charge in [0.05, 0.1) is 0 Å². The molecule has 2 N–H and O–H groups in total. The lowest BCUT2D eigenvalue weighted by Gasteiger charge is -2.42. The van der Waals surface area contributed by atoms with E-state index in [1.54, 1.807) is 0 Å². The first kappa shape index (κ1) is 14.0. The molecule has 16 heavy (non-hydrogen) atoms. The van der Waals surface area contributed by atoms with Gasteiger partial charge in [-0.25, -0.2) is 0 Å². The van der Waals surface area contributed by atoms with Crippen molar-refractivity contribution in [1.82, 2.24) is 0 Å². The molecule has 1 rings (SSSR count). The highest BCUT2D eigenvalue weighted by molar-refractivity contribution is 4.88. The molecule has 1 saturated carbocycles. The molecule has 1 aliphatic carbocycles. The summed E-state index contributed by atoms with van der Waals surface area (Å²) in [6.07, 6.45) is 10.8. The summed E-state index contributed by atoms with van der Waals surface area (Å²) in [5, 5.41) is 19.2. The summed E-state index contributed by atoms with van der Waals surface area (Å²) in [6.45, 7) is 4.47. The molecule has 96 valence electrons. The fourth-order valence-corrected chi connectivity index (χ4v) is 2.91. The lowest BCUT2D eigenvalue weighted by molar-refractivity contribution is -0.197. The number of rotatable bonds is 6.